The van der Waals surface area contributed by atoms with E-state index in [1.807, 2.05) is 79.7 Å². The van der Waals surface area contributed by atoms with Crippen molar-refractivity contribution in [2.45, 2.75) is 42.2 Å². The summed E-state index contributed by atoms with van der Waals surface area (Å²) in [6.45, 7) is 2.32. The number of fused-ring (bicyclic) bond motifs is 2. The van der Waals surface area contributed by atoms with E-state index in [0.717, 1.165) is 27.8 Å². The molecule has 2 aliphatic rings. The van der Waals surface area contributed by atoms with Crippen LogP contribution in [0.2, 0.25) is 0 Å². The lowest BCUT2D eigenvalue weighted by atomic mass is 9.94. The number of amides is 1. The Bertz CT molecular complexity index is 2280. The van der Waals surface area contributed by atoms with Gasteiger partial charge in [-0.05, 0) is 70.3 Å². The molecule has 2 atom stereocenters. The van der Waals surface area contributed by atoms with Crippen molar-refractivity contribution < 1.29 is 24.2 Å². The van der Waals surface area contributed by atoms with Crippen molar-refractivity contribution in [3.05, 3.63) is 149 Å². The van der Waals surface area contributed by atoms with Gasteiger partial charge in [0, 0.05) is 17.7 Å². The first kappa shape index (κ1) is 31.8. The first-order chi connectivity index (χ1) is 24.4. The van der Waals surface area contributed by atoms with E-state index in [1.54, 1.807) is 18.2 Å². The minimum absolute atomic E-state index is 0.0108. The molecule has 1 saturated heterocycles. The number of carbonyl (C=O) groups is 2. The minimum Gasteiger partial charge on any atom is -0.507 e. The molecule has 1 aromatic heterocycles. The summed E-state index contributed by atoms with van der Waals surface area (Å²) in [5, 5.41) is 23.2. The van der Waals surface area contributed by atoms with Crippen molar-refractivity contribution in [3.63, 3.8) is 0 Å². The predicted molar refractivity (Wildman–Crippen MR) is 196 cm³/mol. The average molecular weight is 698 g/mol. The molecule has 1 fully saturated rings. The zero-order chi connectivity index (χ0) is 34.2. The number of ether oxygens (including phenoxy) is 2. The lowest BCUT2D eigenvalue weighted by Gasteiger charge is -2.23. The number of benzene rings is 5. The van der Waals surface area contributed by atoms with Crippen LogP contribution in [-0.2, 0) is 28.4 Å². The van der Waals surface area contributed by atoms with Gasteiger partial charge in [0.25, 0.3) is 5.78 Å². The van der Waals surface area contributed by atoms with Crippen LogP contribution in [0.25, 0.3) is 16.5 Å². The number of Topliss-reactive ketones (excluding diaryl/α,β-unsaturated/α-hetero) is 1. The van der Waals surface area contributed by atoms with Gasteiger partial charge in [-0.3, -0.25) is 14.5 Å². The number of anilines is 1. The molecule has 2 aliphatic heterocycles. The standard InChI is InChI=1S/C40H31N3O5S2/c1-24-19-30-20-28(17-18-33(30)48-24)36(44)34-35(27-13-8-15-31(21-27)47-22-25-9-3-2-4-10-25)43(38(46)37(34)45)39-41-42-40(50-39)49-23-29-14-7-12-26-11-5-6-16-32(26)29/h2-18,20-21,24,35,44H,19,22-23H2,1H3/b36-34+/t24-,35+/m1/s1. The Morgan fingerprint density at radius 3 is 2.62 bits per heavy atom. The number of aromatic nitrogens is 2. The van der Waals surface area contributed by atoms with E-state index < -0.39 is 17.7 Å². The van der Waals surface area contributed by atoms with E-state index >= 15 is 0 Å². The SMILES string of the molecule is C[C@@H]1Cc2cc(/C(O)=C3\C(=O)C(=O)N(c4nnc(SCc5cccc6ccccc56)s4)[C@H]3c3cccc(OCc4ccccc4)c3)ccc2O1. The summed E-state index contributed by atoms with van der Waals surface area (Å²) in [5.74, 6) is 0.116. The van der Waals surface area contributed by atoms with E-state index in [4.69, 9.17) is 9.47 Å². The normalized spacial score (nSPS) is 18.0. The summed E-state index contributed by atoms with van der Waals surface area (Å²) in [6, 6.07) is 35.9. The van der Waals surface area contributed by atoms with Crippen LogP contribution < -0.4 is 14.4 Å². The van der Waals surface area contributed by atoms with Gasteiger partial charge in [0.15, 0.2) is 4.34 Å². The topological polar surface area (TPSA) is 102 Å². The number of hydrogen-bond acceptors (Lipinski definition) is 9. The van der Waals surface area contributed by atoms with Crippen molar-refractivity contribution in [1.29, 1.82) is 0 Å². The second-order valence-corrected chi connectivity index (χ2v) is 14.4. The molecule has 1 amide bonds. The molecule has 8 rings (SSSR count). The Balaban J connectivity index is 1.15. The number of thioether (sulfide) groups is 1. The third kappa shape index (κ3) is 6.12. The molecule has 0 aliphatic carbocycles. The molecule has 0 spiro atoms. The number of ketones is 1. The van der Waals surface area contributed by atoms with Gasteiger partial charge in [-0.15, -0.1) is 10.2 Å². The molecule has 1 N–H and O–H groups in total. The smallest absolute Gasteiger partial charge is 0.301 e. The largest absolute Gasteiger partial charge is 0.507 e. The number of carbonyl (C=O) groups excluding carboxylic acids is 2. The molecule has 50 heavy (non-hydrogen) atoms. The van der Waals surface area contributed by atoms with E-state index in [9.17, 15) is 14.7 Å². The highest BCUT2D eigenvalue weighted by Gasteiger charge is 2.48. The molecule has 248 valence electrons. The highest BCUT2D eigenvalue weighted by molar-refractivity contribution is 8.00. The van der Waals surface area contributed by atoms with Gasteiger partial charge < -0.3 is 14.6 Å². The second-order valence-electron chi connectivity index (χ2n) is 12.2. The average Bonchev–Trinajstić information content (AvgIpc) is 3.84. The first-order valence-corrected chi connectivity index (χ1v) is 18.0. The summed E-state index contributed by atoms with van der Waals surface area (Å²) in [5.41, 5.74) is 4.09. The highest BCUT2D eigenvalue weighted by atomic mass is 32.2. The van der Waals surface area contributed by atoms with Crippen molar-refractivity contribution in [2.24, 2.45) is 0 Å². The quantitative estimate of drug-likeness (QED) is 0.0528. The van der Waals surface area contributed by atoms with Crippen molar-refractivity contribution >= 4 is 56.5 Å². The van der Waals surface area contributed by atoms with E-state index in [0.29, 0.717) is 40.0 Å². The van der Waals surface area contributed by atoms with Gasteiger partial charge in [-0.25, -0.2) is 0 Å². The molecule has 0 unspecified atom stereocenters. The van der Waals surface area contributed by atoms with Crippen LogP contribution in [0.1, 0.15) is 40.8 Å². The van der Waals surface area contributed by atoms with Crippen LogP contribution in [-0.4, -0.2) is 33.1 Å². The maximum absolute atomic E-state index is 13.9. The van der Waals surface area contributed by atoms with Crippen molar-refractivity contribution in [3.8, 4) is 11.5 Å². The minimum atomic E-state index is -0.970. The van der Waals surface area contributed by atoms with Crippen LogP contribution in [0, 0.1) is 0 Å². The lowest BCUT2D eigenvalue weighted by molar-refractivity contribution is -0.132. The number of hydrogen-bond donors (Lipinski definition) is 1. The molecule has 5 aromatic carbocycles. The fourth-order valence-electron chi connectivity index (χ4n) is 6.50. The zero-order valence-corrected chi connectivity index (χ0v) is 28.6. The van der Waals surface area contributed by atoms with E-state index in [2.05, 4.69) is 34.5 Å². The van der Waals surface area contributed by atoms with Crippen LogP contribution in [0.3, 0.4) is 0 Å². The monoisotopic (exact) mass is 697 g/mol. The van der Waals surface area contributed by atoms with Gasteiger partial charge in [0.1, 0.15) is 30.0 Å². The second kappa shape index (κ2) is 13.5. The molecular weight excluding hydrogens is 667 g/mol. The molecule has 6 aromatic rings. The van der Waals surface area contributed by atoms with Crippen LogP contribution in [0.15, 0.2) is 125 Å². The van der Waals surface area contributed by atoms with Crippen LogP contribution in [0.4, 0.5) is 5.13 Å². The van der Waals surface area contributed by atoms with E-state index in [1.165, 1.54) is 33.4 Å². The third-order valence-corrected chi connectivity index (χ3v) is 11.0. The van der Waals surface area contributed by atoms with Crippen molar-refractivity contribution in [2.75, 3.05) is 4.90 Å². The Kier molecular flexibility index (Phi) is 8.56. The number of aliphatic hydroxyl groups excluding tert-OH is 1. The molecule has 10 heteroatoms. The van der Waals surface area contributed by atoms with Gasteiger partial charge in [-0.1, -0.05) is 108 Å². The fourth-order valence-corrected chi connectivity index (χ4v) is 8.37. The van der Waals surface area contributed by atoms with Gasteiger partial charge in [0.2, 0.25) is 5.13 Å². The summed E-state index contributed by atoms with van der Waals surface area (Å²) in [6.07, 6.45) is 0.690. The maximum atomic E-state index is 13.9. The summed E-state index contributed by atoms with van der Waals surface area (Å²) in [4.78, 5) is 29.2. The summed E-state index contributed by atoms with van der Waals surface area (Å²) < 4.78 is 12.6. The number of rotatable bonds is 9. The Morgan fingerprint density at radius 1 is 0.940 bits per heavy atom. The Labute approximate surface area is 297 Å². The van der Waals surface area contributed by atoms with Crippen molar-refractivity contribution in [1.82, 2.24) is 10.2 Å². The van der Waals surface area contributed by atoms with E-state index in [-0.39, 0.29) is 22.6 Å². The van der Waals surface area contributed by atoms with Crippen LogP contribution in [0.5, 0.6) is 11.5 Å². The molecule has 8 nitrogen and oxygen atoms in total. The van der Waals surface area contributed by atoms with Gasteiger partial charge in [0.05, 0.1) is 11.6 Å². The maximum Gasteiger partial charge on any atom is 0.301 e. The molecule has 0 radical (unpaired) electrons. The Morgan fingerprint density at radius 2 is 1.74 bits per heavy atom. The third-order valence-electron chi connectivity index (χ3n) is 8.87. The Hall–Kier alpha value is -5.45. The number of aliphatic hydroxyl groups is 1. The van der Waals surface area contributed by atoms with Crippen LogP contribution >= 0.6 is 23.1 Å². The first-order valence-electron chi connectivity index (χ1n) is 16.2. The van der Waals surface area contributed by atoms with Gasteiger partial charge in [-0.2, -0.15) is 0 Å². The van der Waals surface area contributed by atoms with Gasteiger partial charge >= 0.3 is 5.91 Å². The molecule has 0 bridgehead atoms. The summed E-state index contributed by atoms with van der Waals surface area (Å²) in [7, 11) is 0. The predicted octanol–water partition coefficient (Wildman–Crippen LogP) is 8.51. The zero-order valence-electron chi connectivity index (χ0n) is 27.0. The lowest BCUT2D eigenvalue weighted by Crippen LogP contribution is -2.29. The highest BCUT2D eigenvalue weighted by Crippen LogP contribution is 2.45. The molecule has 3 heterocycles. The fraction of sp³-hybridized carbons (Fsp3) is 0.150. The molecular formula is C40H31N3O5S2. The molecule has 0 saturated carbocycles. The number of nitrogens with zero attached hydrogens (tertiary/aromatic N) is 3. The summed E-state index contributed by atoms with van der Waals surface area (Å²) >= 11 is 2.76.